The van der Waals surface area contributed by atoms with Gasteiger partial charge in [-0.15, -0.1) is 0 Å². The van der Waals surface area contributed by atoms with E-state index in [1.54, 1.807) is 19.2 Å². The third-order valence-electron chi connectivity index (χ3n) is 3.46. The van der Waals surface area contributed by atoms with Gasteiger partial charge >= 0.3 is 0 Å². The van der Waals surface area contributed by atoms with Crippen LogP contribution in [0.3, 0.4) is 0 Å². The van der Waals surface area contributed by atoms with Crippen molar-refractivity contribution in [3.63, 3.8) is 0 Å². The highest BCUT2D eigenvalue weighted by molar-refractivity contribution is 6.32. The number of anilines is 1. The minimum atomic E-state index is -0.105. The van der Waals surface area contributed by atoms with Gasteiger partial charge in [0.05, 0.1) is 37.6 Å². The van der Waals surface area contributed by atoms with Crippen LogP contribution in [0.1, 0.15) is 12.8 Å². The summed E-state index contributed by atoms with van der Waals surface area (Å²) in [5.41, 5.74) is 0.649. The van der Waals surface area contributed by atoms with Gasteiger partial charge in [0.1, 0.15) is 11.5 Å². The molecular weight excluding hydrogens is 308 g/mol. The third-order valence-corrected chi connectivity index (χ3v) is 3.76. The van der Waals surface area contributed by atoms with E-state index in [1.165, 1.54) is 7.11 Å². The van der Waals surface area contributed by atoms with E-state index in [2.05, 4.69) is 10.6 Å². The van der Waals surface area contributed by atoms with E-state index >= 15 is 0 Å². The van der Waals surface area contributed by atoms with Crippen LogP contribution < -0.4 is 20.1 Å². The van der Waals surface area contributed by atoms with Crippen molar-refractivity contribution in [2.45, 2.75) is 18.9 Å². The molecule has 1 amide bonds. The first-order valence-corrected chi connectivity index (χ1v) is 7.55. The van der Waals surface area contributed by atoms with E-state index in [0.29, 0.717) is 28.8 Å². The van der Waals surface area contributed by atoms with Crippen molar-refractivity contribution in [3.05, 3.63) is 17.2 Å². The van der Waals surface area contributed by atoms with Gasteiger partial charge in [0, 0.05) is 25.3 Å². The normalized spacial score (nSPS) is 17.1. The predicted molar refractivity (Wildman–Crippen MR) is 85.0 cm³/mol. The van der Waals surface area contributed by atoms with Crippen LogP contribution in [0.5, 0.6) is 11.5 Å². The summed E-state index contributed by atoms with van der Waals surface area (Å²) in [6.07, 6.45) is 2.19. The van der Waals surface area contributed by atoms with Crippen LogP contribution in [-0.4, -0.2) is 45.9 Å². The van der Waals surface area contributed by atoms with Crippen molar-refractivity contribution in [2.75, 3.05) is 39.2 Å². The second kappa shape index (κ2) is 8.10. The highest BCUT2D eigenvalue weighted by atomic mass is 35.5. The summed E-state index contributed by atoms with van der Waals surface area (Å²) in [6, 6.07) is 3.35. The van der Waals surface area contributed by atoms with E-state index < -0.39 is 0 Å². The largest absolute Gasteiger partial charge is 0.495 e. The average molecular weight is 329 g/mol. The Balaban J connectivity index is 1.88. The molecule has 6 nitrogen and oxygen atoms in total. The molecule has 0 bridgehead atoms. The molecule has 0 aliphatic carbocycles. The Morgan fingerprint density at radius 1 is 1.36 bits per heavy atom. The van der Waals surface area contributed by atoms with Crippen LogP contribution in [0.15, 0.2) is 12.1 Å². The second-order valence-corrected chi connectivity index (χ2v) is 5.39. The van der Waals surface area contributed by atoms with Crippen LogP contribution >= 0.6 is 11.6 Å². The van der Waals surface area contributed by atoms with Crippen LogP contribution in [0.4, 0.5) is 5.69 Å². The molecular formula is C15H21ClN2O4. The van der Waals surface area contributed by atoms with Gasteiger partial charge in [-0.1, -0.05) is 11.6 Å². The van der Waals surface area contributed by atoms with E-state index in [-0.39, 0.29) is 18.6 Å². The number of carbonyl (C=O) groups is 1. The van der Waals surface area contributed by atoms with Crippen LogP contribution in [0.25, 0.3) is 0 Å². The number of hydrogen-bond donors (Lipinski definition) is 2. The molecule has 2 rings (SSSR count). The maximum Gasteiger partial charge on any atom is 0.239 e. The lowest BCUT2D eigenvalue weighted by atomic mass is 10.2. The molecule has 0 saturated carbocycles. The van der Waals surface area contributed by atoms with E-state index in [0.717, 1.165) is 19.4 Å². The lowest BCUT2D eigenvalue weighted by Crippen LogP contribution is -2.35. The molecule has 0 radical (unpaired) electrons. The van der Waals surface area contributed by atoms with Crippen molar-refractivity contribution >= 4 is 23.2 Å². The minimum Gasteiger partial charge on any atom is -0.495 e. The Kier molecular flexibility index (Phi) is 6.15. The zero-order chi connectivity index (χ0) is 15.9. The van der Waals surface area contributed by atoms with Crippen molar-refractivity contribution < 1.29 is 19.0 Å². The number of nitrogens with one attached hydrogen (secondary N) is 2. The fourth-order valence-electron chi connectivity index (χ4n) is 2.27. The SMILES string of the molecule is COc1cc(NCC(=O)NCC2CCCO2)c(OC)cc1Cl. The predicted octanol–water partition coefficient (Wildman–Crippen LogP) is 2.06. The molecule has 1 aliphatic heterocycles. The number of halogens is 1. The summed E-state index contributed by atoms with van der Waals surface area (Å²) in [6.45, 7) is 1.45. The highest BCUT2D eigenvalue weighted by Crippen LogP contribution is 2.35. The molecule has 1 atom stereocenters. The van der Waals surface area contributed by atoms with Crippen molar-refractivity contribution in [1.29, 1.82) is 0 Å². The molecule has 1 fully saturated rings. The van der Waals surface area contributed by atoms with Gasteiger partial charge in [-0.25, -0.2) is 0 Å². The highest BCUT2D eigenvalue weighted by Gasteiger charge is 2.16. The average Bonchev–Trinajstić information content (AvgIpc) is 3.04. The van der Waals surface area contributed by atoms with Gasteiger partial charge in [0.25, 0.3) is 0 Å². The minimum absolute atomic E-state index is 0.105. The van der Waals surface area contributed by atoms with Gasteiger partial charge in [-0.05, 0) is 12.8 Å². The Bertz CT molecular complexity index is 519. The summed E-state index contributed by atoms with van der Waals surface area (Å²) in [7, 11) is 3.08. The van der Waals surface area contributed by atoms with Gasteiger partial charge in [-0.2, -0.15) is 0 Å². The number of methoxy groups -OCH3 is 2. The monoisotopic (exact) mass is 328 g/mol. The van der Waals surface area contributed by atoms with Crippen molar-refractivity contribution in [2.24, 2.45) is 0 Å². The van der Waals surface area contributed by atoms with Crippen LogP contribution in [-0.2, 0) is 9.53 Å². The number of rotatable bonds is 7. The smallest absolute Gasteiger partial charge is 0.239 e. The molecule has 1 heterocycles. The standard InChI is InChI=1S/C15H21ClN2O4/c1-20-13-7-12(14(21-2)6-11(13)16)17-9-15(19)18-8-10-4-3-5-22-10/h6-7,10,17H,3-5,8-9H2,1-2H3,(H,18,19). The van der Waals surface area contributed by atoms with Crippen LogP contribution in [0, 0.1) is 0 Å². The Morgan fingerprint density at radius 3 is 2.77 bits per heavy atom. The summed E-state index contributed by atoms with van der Waals surface area (Å²) >= 11 is 6.04. The maximum atomic E-state index is 11.9. The number of ether oxygens (including phenoxy) is 3. The maximum absolute atomic E-state index is 11.9. The molecule has 1 saturated heterocycles. The van der Waals surface area contributed by atoms with Crippen molar-refractivity contribution in [3.8, 4) is 11.5 Å². The molecule has 1 unspecified atom stereocenters. The number of amides is 1. The van der Waals surface area contributed by atoms with E-state index in [1.807, 2.05) is 0 Å². The molecule has 0 aromatic heterocycles. The zero-order valence-corrected chi connectivity index (χ0v) is 13.5. The molecule has 122 valence electrons. The summed E-state index contributed by atoms with van der Waals surface area (Å²) in [4.78, 5) is 11.9. The lowest BCUT2D eigenvalue weighted by Gasteiger charge is -2.15. The summed E-state index contributed by atoms with van der Waals surface area (Å²) < 4.78 is 15.9. The topological polar surface area (TPSA) is 68.8 Å². The Labute approximate surface area is 135 Å². The van der Waals surface area contributed by atoms with Gasteiger partial charge in [0.2, 0.25) is 5.91 Å². The Morgan fingerprint density at radius 2 is 2.14 bits per heavy atom. The van der Waals surface area contributed by atoms with E-state index in [4.69, 9.17) is 25.8 Å². The zero-order valence-electron chi connectivity index (χ0n) is 12.8. The van der Waals surface area contributed by atoms with Gasteiger partial charge in [-0.3, -0.25) is 4.79 Å². The molecule has 2 N–H and O–H groups in total. The molecule has 7 heteroatoms. The first-order valence-electron chi connectivity index (χ1n) is 7.17. The molecule has 1 aromatic carbocycles. The molecule has 1 aliphatic rings. The fraction of sp³-hybridized carbons (Fsp3) is 0.533. The molecule has 22 heavy (non-hydrogen) atoms. The first kappa shape index (κ1) is 16.7. The molecule has 0 spiro atoms. The fourth-order valence-corrected chi connectivity index (χ4v) is 2.50. The quantitative estimate of drug-likeness (QED) is 0.802. The van der Waals surface area contributed by atoms with Crippen LogP contribution in [0.2, 0.25) is 5.02 Å². The lowest BCUT2D eigenvalue weighted by molar-refractivity contribution is -0.119. The van der Waals surface area contributed by atoms with Crippen molar-refractivity contribution in [1.82, 2.24) is 5.32 Å². The summed E-state index contributed by atoms with van der Waals surface area (Å²) in [5.74, 6) is 0.967. The Hall–Kier alpha value is -1.66. The number of benzene rings is 1. The molecule has 1 aromatic rings. The van der Waals surface area contributed by atoms with Gasteiger partial charge < -0.3 is 24.8 Å². The number of carbonyl (C=O) groups excluding carboxylic acids is 1. The third kappa shape index (κ3) is 4.42. The number of hydrogen-bond acceptors (Lipinski definition) is 5. The second-order valence-electron chi connectivity index (χ2n) is 4.98. The first-order chi connectivity index (χ1) is 10.6. The van der Waals surface area contributed by atoms with Gasteiger partial charge in [0.15, 0.2) is 0 Å². The van der Waals surface area contributed by atoms with E-state index in [9.17, 15) is 4.79 Å². The summed E-state index contributed by atoms with van der Waals surface area (Å²) in [5, 5.41) is 6.32.